The van der Waals surface area contributed by atoms with E-state index >= 15 is 0 Å². The molecule has 0 bridgehead atoms. The molecule has 0 saturated carbocycles. The first kappa shape index (κ1) is 13.3. The molecule has 2 aromatic heterocycles. The lowest BCUT2D eigenvalue weighted by molar-refractivity contribution is 0.872. The summed E-state index contributed by atoms with van der Waals surface area (Å²) in [5.74, 6) is 1.55. The minimum atomic E-state index is 0.222. The highest BCUT2D eigenvalue weighted by Crippen LogP contribution is 2.25. The van der Waals surface area contributed by atoms with Gasteiger partial charge in [0.2, 0.25) is 0 Å². The highest BCUT2D eigenvalue weighted by molar-refractivity contribution is 7.12. The fourth-order valence-electron chi connectivity index (χ4n) is 1.68. The number of halogens is 1. The first-order chi connectivity index (χ1) is 8.58. The highest BCUT2D eigenvalue weighted by Gasteiger charge is 2.09. The van der Waals surface area contributed by atoms with Crippen LogP contribution in [0.25, 0.3) is 0 Å². The Hall–Kier alpha value is -1.13. The Morgan fingerprint density at radius 1 is 1.39 bits per heavy atom. The number of aryl methyl sites for hydroxylation is 2. The zero-order valence-electron chi connectivity index (χ0n) is 10.7. The molecular weight excluding hydrogens is 266 g/mol. The Morgan fingerprint density at radius 3 is 2.78 bits per heavy atom. The summed E-state index contributed by atoms with van der Waals surface area (Å²) in [4.78, 5) is 11.2. The van der Waals surface area contributed by atoms with Crippen LogP contribution < -0.4 is 5.32 Å². The molecule has 2 rings (SSSR count). The van der Waals surface area contributed by atoms with Crippen LogP contribution >= 0.6 is 22.9 Å². The summed E-state index contributed by atoms with van der Waals surface area (Å²) < 4.78 is 0. The molecule has 0 radical (unpaired) electrons. The smallest absolute Gasteiger partial charge is 0.134 e. The van der Waals surface area contributed by atoms with Crippen molar-refractivity contribution in [1.82, 2.24) is 9.97 Å². The van der Waals surface area contributed by atoms with Gasteiger partial charge in [0.1, 0.15) is 16.8 Å². The summed E-state index contributed by atoms with van der Waals surface area (Å²) in [5.41, 5.74) is 0. The van der Waals surface area contributed by atoms with Crippen molar-refractivity contribution in [3.8, 4) is 0 Å². The van der Waals surface area contributed by atoms with Crippen molar-refractivity contribution in [3.05, 3.63) is 38.9 Å². The summed E-state index contributed by atoms with van der Waals surface area (Å²) in [6.45, 7) is 6.24. The van der Waals surface area contributed by atoms with Gasteiger partial charge in [-0.15, -0.1) is 11.3 Å². The van der Waals surface area contributed by atoms with E-state index in [9.17, 15) is 0 Å². The van der Waals surface area contributed by atoms with Gasteiger partial charge in [-0.1, -0.05) is 18.5 Å². The molecule has 0 spiro atoms. The van der Waals surface area contributed by atoms with Crippen LogP contribution in [0.3, 0.4) is 0 Å². The van der Waals surface area contributed by atoms with E-state index in [1.807, 2.05) is 6.92 Å². The van der Waals surface area contributed by atoms with Crippen LogP contribution in [0, 0.1) is 6.92 Å². The van der Waals surface area contributed by atoms with Crippen LogP contribution in [0.15, 0.2) is 18.2 Å². The minimum absolute atomic E-state index is 0.222. The van der Waals surface area contributed by atoms with Crippen molar-refractivity contribution in [2.24, 2.45) is 0 Å². The number of anilines is 1. The Morgan fingerprint density at radius 2 is 2.17 bits per heavy atom. The van der Waals surface area contributed by atoms with Gasteiger partial charge >= 0.3 is 0 Å². The maximum atomic E-state index is 5.97. The molecule has 0 amide bonds. The molecular formula is C13H16ClN3S. The van der Waals surface area contributed by atoms with Gasteiger partial charge in [-0.3, -0.25) is 0 Å². The van der Waals surface area contributed by atoms with Gasteiger partial charge in [0, 0.05) is 22.2 Å². The van der Waals surface area contributed by atoms with Gasteiger partial charge in [0.05, 0.1) is 6.04 Å². The highest BCUT2D eigenvalue weighted by atomic mass is 35.5. The molecule has 1 atom stereocenters. The van der Waals surface area contributed by atoms with Crippen LogP contribution in [0.5, 0.6) is 0 Å². The first-order valence-electron chi connectivity index (χ1n) is 5.95. The predicted octanol–water partition coefficient (Wildman–Crippen LogP) is 4.24. The molecule has 2 aromatic rings. The molecule has 0 aliphatic rings. The molecule has 0 aliphatic heterocycles. The molecule has 0 saturated heterocycles. The van der Waals surface area contributed by atoms with Crippen LogP contribution in [0.2, 0.25) is 5.15 Å². The second kappa shape index (κ2) is 5.67. The third-order valence-electron chi connectivity index (χ3n) is 2.61. The number of thiophene rings is 1. The largest absolute Gasteiger partial charge is 0.363 e. The van der Waals surface area contributed by atoms with Crippen molar-refractivity contribution in [2.75, 3.05) is 5.32 Å². The van der Waals surface area contributed by atoms with Gasteiger partial charge < -0.3 is 5.32 Å². The second-order valence-electron chi connectivity index (χ2n) is 4.16. The number of hydrogen-bond acceptors (Lipinski definition) is 4. The lowest BCUT2D eigenvalue weighted by Crippen LogP contribution is -2.08. The zero-order valence-corrected chi connectivity index (χ0v) is 12.3. The third kappa shape index (κ3) is 3.21. The lowest BCUT2D eigenvalue weighted by Gasteiger charge is -2.13. The summed E-state index contributed by atoms with van der Waals surface area (Å²) >= 11 is 7.76. The third-order valence-corrected chi connectivity index (χ3v) is 3.99. The van der Waals surface area contributed by atoms with E-state index in [1.165, 1.54) is 9.75 Å². The van der Waals surface area contributed by atoms with Crippen LogP contribution in [-0.2, 0) is 6.42 Å². The van der Waals surface area contributed by atoms with Crippen LogP contribution in [-0.4, -0.2) is 9.97 Å². The molecule has 5 heteroatoms. The fourth-order valence-corrected chi connectivity index (χ4v) is 2.76. The quantitative estimate of drug-likeness (QED) is 0.852. The summed E-state index contributed by atoms with van der Waals surface area (Å²) in [5, 5.41) is 3.85. The molecule has 18 heavy (non-hydrogen) atoms. The van der Waals surface area contributed by atoms with E-state index in [4.69, 9.17) is 11.6 Å². The van der Waals surface area contributed by atoms with Crippen molar-refractivity contribution >= 4 is 28.8 Å². The van der Waals surface area contributed by atoms with E-state index in [0.717, 1.165) is 18.1 Å². The Balaban J connectivity index is 2.16. The average Bonchev–Trinajstić information content (AvgIpc) is 2.75. The molecule has 0 aromatic carbocycles. The monoisotopic (exact) mass is 281 g/mol. The zero-order chi connectivity index (χ0) is 13.1. The second-order valence-corrected chi connectivity index (χ2v) is 5.87. The maximum absolute atomic E-state index is 5.97. The van der Waals surface area contributed by atoms with Crippen molar-refractivity contribution in [2.45, 2.75) is 33.2 Å². The van der Waals surface area contributed by atoms with Crippen molar-refractivity contribution < 1.29 is 0 Å². The van der Waals surface area contributed by atoms with Crippen LogP contribution in [0.4, 0.5) is 5.82 Å². The van der Waals surface area contributed by atoms with E-state index in [0.29, 0.717) is 5.15 Å². The SMILES string of the molecule is CCc1nc(Cl)cc(NC(C)c2ccc(C)s2)n1. The van der Waals surface area contributed by atoms with Crippen molar-refractivity contribution in [3.63, 3.8) is 0 Å². The number of hydrogen-bond donors (Lipinski definition) is 1. The number of rotatable bonds is 4. The lowest BCUT2D eigenvalue weighted by atomic mass is 10.2. The predicted molar refractivity (Wildman–Crippen MR) is 77.5 cm³/mol. The Kier molecular flexibility index (Phi) is 4.19. The summed E-state index contributed by atoms with van der Waals surface area (Å²) in [6, 6.07) is 6.25. The molecule has 3 nitrogen and oxygen atoms in total. The summed E-state index contributed by atoms with van der Waals surface area (Å²) in [6.07, 6.45) is 0.779. The Labute approximate surface area is 116 Å². The number of aromatic nitrogens is 2. The molecule has 2 heterocycles. The summed E-state index contributed by atoms with van der Waals surface area (Å²) in [7, 11) is 0. The van der Waals surface area contributed by atoms with Crippen LogP contribution in [0.1, 0.15) is 35.5 Å². The van der Waals surface area contributed by atoms with Gasteiger partial charge in [-0.05, 0) is 26.0 Å². The van der Waals surface area contributed by atoms with E-state index in [2.05, 4.69) is 41.3 Å². The molecule has 1 N–H and O–H groups in total. The number of nitrogens with one attached hydrogen (secondary N) is 1. The standard InChI is InChI=1S/C13H16ClN3S/c1-4-12-16-11(14)7-13(17-12)15-9(3)10-6-5-8(2)18-10/h5-7,9H,4H2,1-3H3,(H,15,16,17). The van der Waals surface area contributed by atoms with Crippen molar-refractivity contribution in [1.29, 1.82) is 0 Å². The van der Waals surface area contributed by atoms with Gasteiger partial charge in [0.25, 0.3) is 0 Å². The maximum Gasteiger partial charge on any atom is 0.134 e. The molecule has 96 valence electrons. The molecule has 0 aliphatic carbocycles. The van der Waals surface area contributed by atoms with E-state index in [1.54, 1.807) is 17.4 Å². The average molecular weight is 282 g/mol. The Bertz CT molecular complexity index is 539. The van der Waals surface area contributed by atoms with Gasteiger partial charge in [-0.25, -0.2) is 9.97 Å². The van der Waals surface area contributed by atoms with E-state index in [-0.39, 0.29) is 6.04 Å². The van der Waals surface area contributed by atoms with E-state index < -0.39 is 0 Å². The topological polar surface area (TPSA) is 37.8 Å². The van der Waals surface area contributed by atoms with Gasteiger partial charge in [0.15, 0.2) is 0 Å². The molecule has 1 unspecified atom stereocenters. The number of nitrogens with zero attached hydrogens (tertiary/aromatic N) is 2. The van der Waals surface area contributed by atoms with Gasteiger partial charge in [-0.2, -0.15) is 0 Å². The normalized spacial score (nSPS) is 12.4. The minimum Gasteiger partial charge on any atom is -0.363 e. The first-order valence-corrected chi connectivity index (χ1v) is 7.14. The fraction of sp³-hybridized carbons (Fsp3) is 0.385. The molecule has 0 fully saturated rings.